The van der Waals surface area contributed by atoms with Crippen LogP contribution in [0, 0.1) is 36.8 Å². The SMILES string of the molecule is Cc1nnc(NC2CC(=O)N(c3c(F)cccc3F)C2)c(C#N)c1C. The van der Waals surface area contributed by atoms with Gasteiger partial charge in [0.05, 0.1) is 11.7 Å². The maximum Gasteiger partial charge on any atom is 0.229 e. The average molecular weight is 343 g/mol. The number of nitrogens with zero attached hydrogens (tertiary/aromatic N) is 4. The van der Waals surface area contributed by atoms with E-state index in [2.05, 4.69) is 21.6 Å². The van der Waals surface area contributed by atoms with Crippen molar-refractivity contribution in [1.82, 2.24) is 10.2 Å². The molecule has 1 aromatic heterocycles. The third-order valence-corrected chi connectivity index (χ3v) is 4.24. The second-order valence-electron chi connectivity index (χ2n) is 5.87. The fraction of sp³-hybridized carbons (Fsp3) is 0.294. The van der Waals surface area contributed by atoms with Crippen LogP contribution in [0.4, 0.5) is 20.3 Å². The number of aryl methyl sites for hydroxylation is 1. The van der Waals surface area contributed by atoms with E-state index in [0.29, 0.717) is 16.8 Å². The zero-order valence-electron chi connectivity index (χ0n) is 13.7. The Hall–Kier alpha value is -3.08. The molecule has 1 aliphatic rings. The first-order valence-corrected chi connectivity index (χ1v) is 7.67. The van der Waals surface area contributed by atoms with Gasteiger partial charge < -0.3 is 10.2 Å². The minimum atomic E-state index is -0.794. The van der Waals surface area contributed by atoms with Crippen LogP contribution in [0.15, 0.2) is 18.2 Å². The van der Waals surface area contributed by atoms with Gasteiger partial charge in [-0.1, -0.05) is 6.07 Å². The number of anilines is 2. The molecule has 0 aliphatic carbocycles. The van der Waals surface area contributed by atoms with Crippen LogP contribution in [0.25, 0.3) is 0 Å². The number of aromatic nitrogens is 2. The second kappa shape index (κ2) is 6.43. The largest absolute Gasteiger partial charge is 0.362 e. The lowest BCUT2D eigenvalue weighted by Gasteiger charge is -2.19. The van der Waals surface area contributed by atoms with E-state index in [1.165, 1.54) is 6.07 Å². The summed E-state index contributed by atoms with van der Waals surface area (Å²) in [6.45, 7) is 3.57. The monoisotopic (exact) mass is 343 g/mol. The van der Waals surface area contributed by atoms with Crippen molar-refractivity contribution in [2.75, 3.05) is 16.8 Å². The Morgan fingerprint density at radius 1 is 1.28 bits per heavy atom. The summed E-state index contributed by atoms with van der Waals surface area (Å²) in [6, 6.07) is 5.09. The van der Waals surface area contributed by atoms with Gasteiger partial charge in [0.15, 0.2) is 5.82 Å². The summed E-state index contributed by atoms with van der Waals surface area (Å²) >= 11 is 0. The van der Waals surface area contributed by atoms with E-state index in [1.807, 2.05) is 0 Å². The second-order valence-corrected chi connectivity index (χ2v) is 5.87. The smallest absolute Gasteiger partial charge is 0.229 e. The molecule has 1 aliphatic heterocycles. The molecule has 1 aromatic carbocycles. The lowest BCUT2D eigenvalue weighted by atomic mass is 10.1. The van der Waals surface area contributed by atoms with Crippen LogP contribution in [0.1, 0.15) is 23.2 Å². The molecule has 0 bridgehead atoms. The Morgan fingerprint density at radius 3 is 2.60 bits per heavy atom. The number of rotatable bonds is 3. The molecule has 3 rings (SSSR count). The number of carbonyl (C=O) groups excluding carboxylic acids is 1. The van der Waals surface area contributed by atoms with Gasteiger partial charge in [0.1, 0.15) is 29.0 Å². The maximum absolute atomic E-state index is 13.9. The van der Waals surface area contributed by atoms with Gasteiger partial charge in [-0.15, -0.1) is 5.10 Å². The Balaban J connectivity index is 1.85. The molecule has 1 unspecified atom stereocenters. The number of para-hydroxylation sites is 1. The zero-order valence-corrected chi connectivity index (χ0v) is 13.7. The van der Waals surface area contributed by atoms with Crippen LogP contribution in [-0.4, -0.2) is 28.7 Å². The summed E-state index contributed by atoms with van der Waals surface area (Å²) in [5.74, 6) is -1.73. The number of hydrogen-bond donors (Lipinski definition) is 1. The minimum Gasteiger partial charge on any atom is -0.362 e. The molecule has 128 valence electrons. The summed E-state index contributed by atoms with van der Waals surface area (Å²) in [5.41, 5.74) is 1.32. The molecule has 1 amide bonds. The Morgan fingerprint density at radius 2 is 1.96 bits per heavy atom. The molecular formula is C17H15F2N5O. The summed E-state index contributed by atoms with van der Waals surface area (Å²) in [5, 5.41) is 20.3. The first-order chi connectivity index (χ1) is 11.9. The van der Waals surface area contributed by atoms with Gasteiger partial charge >= 0.3 is 0 Å². The molecule has 0 saturated carbocycles. The van der Waals surface area contributed by atoms with Crippen LogP contribution in [0.2, 0.25) is 0 Å². The summed E-state index contributed by atoms with van der Waals surface area (Å²) in [7, 11) is 0. The average Bonchev–Trinajstić information content (AvgIpc) is 2.91. The van der Waals surface area contributed by atoms with Gasteiger partial charge in [-0.25, -0.2) is 8.78 Å². The van der Waals surface area contributed by atoms with Crippen LogP contribution in [0.3, 0.4) is 0 Å². The van der Waals surface area contributed by atoms with Gasteiger partial charge in [0, 0.05) is 13.0 Å². The van der Waals surface area contributed by atoms with E-state index in [4.69, 9.17) is 0 Å². The Labute approximate surface area is 143 Å². The molecule has 2 aromatic rings. The third kappa shape index (κ3) is 3.01. The third-order valence-electron chi connectivity index (χ3n) is 4.24. The first-order valence-electron chi connectivity index (χ1n) is 7.67. The van der Waals surface area contributed by atoms with E-state index in [0.717, 1.165) is 17.0 Å². The first kappa shape index (κ1) is 16.8. The van der Waals surface area contributed by atoms with Crippen LogP contribution >= 0.6 is 0 Å². The predicted octanol–water partition coefficient (Wildman–Crippen LogP) is 2.46. The number of nitrogens with one attached hydrogen (secondary N) is 1. The van der Waals surface area contributed by atoms with Crippen LogP contribution in [-0.2, 0) is 4.79 Å². The Kier molecular flexibility index (Phi) is 4.31. The zero-order chi connectivity index (χ0) is 18.1. The molecule has 1 atom stereocenters. The summed E-state index contributed by atoms with van der Waals surface area (Å²) in [6.07, 6.45) is 0.0350. The van der Waals surface area contributed by atoms with Crippen molar-refractivity contribution in [3.63, 3.8) is 0 Å². The lowest BCUT2D eigenvalue weighted by molar-refractivity contribution is -0.117. The molecular weight excluding hydrogens is 328 g/mol. The fourth-order valence-electron chi connectivity index (χ4n) is 2.81. The molecule has 1 N–H and O–H groups in total. The number of amides is 1. The quantitative estimate of drug-likeness (QED) is 0.926. The van der Waals surface area contributed by atoms with Gasteiger partial charge in [-0.3, -0.25) is 4.79 Å². The Bertz CT molecular complexity index is 873. The van der Waals surface area contributed by atoms with Gasteiger partial charge in [-0.05, 0) is 31.5 Å². The van der Waals surface area contributed by atoms with Crippen LogP contribution in [0.5, 0.6) is 0 Å². The molecule has 25 heavy (non-hydrogen) atoms. The predicted molar refractivity (Wildman–Crippen MR) is 87.0 cm³/mol. The van der Waals surface area contributed by atoms with Crippen molar-refractivity contribution in [3.8, 4) is 6.07 Å². The van der Waals surface area contributed by atoms with E-state index in [-0.39, 0.29) is 24.5 Å². The summed E-state index contributed by atoms with van der Waals surface area (Å²) < 4.78 is 27.9. The highest BCUT2D eigenvalue weighted by molar-refractivity contribution is 5.97. The molecule has 0 spiro atoms. The van der Waals surface area contributed by atoms with E-state index < -0.39 is 23.6 Å². The van der Waals surface area contributed by atoms with E-state index >= 15 is 0 Å². The number of hydrogen-bond acceptors (Lipinski definition) is 5. The molecule has 6 nitrogen and oxygen atoms in total. The van der Waals surface area contributed by atoms with Crippen molar-refractivity contribution in [2.24, 2.45) is 0 Å². The van der Waals surface area contributed by atoms with E-state index in [9.17, 15) is 18.8 Å². The van der Waals surface area contributed by atoms with E-state index in [1.54, 1.807) is 13.8 Å². The standard InChI is InChI=1S/C17H15F2N5O/c1-9-10(2)22-23-17(12(9)7-20)21-11-6-15(25)24(8-11)16-13(18)4-3-5-14(16)19/h3-5,11H,6,8H2,1-2H3,(H,21,23). The van der Waals surface area contributed by atoms with Crippen molar-refractivity contribution in [3.05, 3.63) is 46.7 Å². The van der Waals surface area contributed by atoms with Crippen molar-refractivity contribution < 1.29 is 13.6 Å². The highest BCUT2D eigenvalue weighted by atomic mass is 19.1. The molecule has 1 fully saturated rings. The number of nitriles is 1. The van der Waals surface area contributed by atoms with Crippen LogP contribution < -0.4 is 10.2 Å². The number of benzene rings is 1. The summed E-state index contributed by atoms with van der Waals surface area (Å²) in [4.78, 5) is 13.3. The molecule has 2 heterocycles. The van der Waals surface area contributed by atoms with Gasteiger partial charge in [0.25, 0.3) is 0 Å². The molecule has 8 heteroatoms. The topological polar surface area (TPSA) is 81.9 Å². The molecule has 1 saturated heterocycles. The maximum atomic E-state index is 13.9. The van der Waals surface area contributed by atoms with Gasteiger partial charge in [0.2, 0.25) is 5.91 Å². The number of carbonyl (C=O) groups is 1. The van der Waals surface area contributed by atoms with Crippen molar-refractivity contribution in [1.29, 1.82) is 5.26 Å². The normalized spacial score (nSPS) is 16.8. The lowest BCUT2D eigenvalue weighted by Crippen LogP contribution is -2.29. The van der Waals surface area contributed by atoms with Crippen molar-refractivity contribution >= 4 is 17.4 Å². The fourth-order valence-corrected chi connectivity index (χ4v) is 2.81. The minimum absolute atomic E-state index is 0.0350. The number of halogens is 2. The molecule has 0 radical (unpaired) electrons. The van der Waals surface area contributed by atoms with Gasteiger partial charge in [-0.2, -0.15) is 10.4 Å². The highest BCUT2D eigenvalue weighted by Crippen LogP contribution is 2.29. The highest BCUT2D eigenvalue weighted by Gasteiger charge is 2.34. The van der Waals surface area contributed by atoms with Crippen molar-refractivity contribution in [2.45, 2.75) is 26.3 Å².